The number of likely N-dealkylation sites (tertiary alicyclic amines) is 1. The van der Waals surface area contributed by atoms with Gasteiger partial charge in [-0.25, -0.2) is 0 Å². The van der Waals surface area contributed by atoms with Gasteiger partial charge in [-0.1, -0.05) is 0 Å². The molecule has 3 amide bonds. The van der Waals surface area contributed by atoms with Gasteiger partial charge in [0, 0.05) is 43.9 Å². The summed E-state index contributed by atoms with van der Waals surface area (Å²) in [5, 5.41) is 5.79. The van der Waals surface area contributed by atoms with Crippen LogP contribution in [0, 0.1) is 0 Å². The first-order chi connectivity index (χ1) is 12.5. The van der Waals surface area contributed by atoms with Crippen molar-refractivity contribution in [3.63, 3.8) is 0 Å². The Labute approximate surface area is 153 Å². The van der Waals surface area contributed by atoms with Crippen LogP contribution in [0.25, 0.3) is 0 Å². The van der Waals surface area contributed by atoms with Crippen LogP contribution in [-0.4, -0.2) is 61.9 Å². The Hall–Kier alpha value is -2.41. The molecule has 0 bridgehead atoms. The van der Waals surface area contributed by atoms with E-state index in [0.717, 1.165) is 43.6 Å². The maximum atomic E-state index is 12.8. The van der Waals surface area contributed by atoms with E-state index in [1.807, 2.05) is 24.1 Å². The highest BCUT2D eigenvalue weighted by atomic mass is 16.2. The molecule has 0 aliphatic carbocycles. The topological polar surface area (TPSA) is 81.8 Å². The predicted molar refractivity (Wildman–Crippen MR) is 99.2 cm³/mol. The Morgan fingerprint density at radius 1 is 1.23 bits per heavy atom. The number of benzene rings is 1. The van der Waals surface area contributed by atoms with E-state index < -0.39 is 0 Å². The average molecular weight is 358 g/mol. The van der Waals surface area contributed by atoms with Gasteiger partial charge < -0.3 is 20.4 Å². The smallest absolute Gasteiger partial charge is 0.253 e. The summed E-state index contributed by atoms with van der Waals surface area (Å²) in [5.74, 6) is -0.304. The van der Waals surface area contributed by atoms with Crippen molar-refractivity contribution in [3.8, 4) is 0 Å². The number of fused-ring (bicyclic) bond motifs is 1. The first kappa shape index (κ1) is 18.4. The Morgan fingerprint density at radius 2 is 2.04 bits per heavy atom. The number of hydrogen-bond acceptors (Lipinski definition) is 4. The molecule has 1 aromatic rings. The molecule has 1 saturated heterocycles. The summed E-state index contributed by atoms with van der Waals surface area (Å²) in [6.45, 7) is 3.48. The zero-order chi connectivity index (χ0) is 18.7. The van der Waals surface area contributed by atoms with Crippen LogP contribution in [0.1, 0.15) is 35.7 Å². The third-order valence-electron chi connectivity index (χ3n) is 5.13. The standard InChI is InChI=1S/C19H26N4O3/c1-13(24)21-11-18(25)23-9-7-14-10-15(5-6-17(14)23)19(26)22-8-3-4-16(12-22)20-2/h5-6,10,16,20H,3-4,7-9,11-12H2,1-2H3,(H,21,24). The molecule has 2 aliphatic heterocycles. The van der Waals surface area contributed by atoms with Gasteiger partial charge in [0.2, 0.25) is 11.8 Å². The zero-order valence-electron chi connectivity index (χ0n) is 15.4. The van der Waals surface area contributed by atoms with Gasteiger partial charge in [-0.3, -0.25) is 14.4 Å². The second-order valence-corrected chi connectivity index (χ2v) is 6.93. The maximum absolute atomic E-state index is 12.8. The second-order valence-electron chi connectivity index (χ2n) is 6.93. The van der Waals surface area contributed by atoms with Crippen LogP contribution in [0.15, 0.2) is 18.2 Å². The van der Waals surface area contributed by atoms with E-state index >= 15 is 0 Å². The van der Waals surface area contributed by atoms with Gasteiger partial charge in [0.15, 0.2) is 0 Å². The molecule has 140 valence electrons. The molecule has 1 unspecified atom stereocenters. The number of nitrogens with one attached hydrogen (secondary N) is 2. The lowest BCUT2D eigenvalue weighted by Gasteiger charge is -2.32. The van der Waals surface area contributed by atoms with Crippen LogP contribution in [0.5, 0.6) is 0 Å². The Bertz CT molecular complexity index is 719. The Balaban J connectivity index is 1.70. The number of nitrogens with zero attached hydrogens (tertiary/aromatic N) is 2. The number of anilines is 1. The minimum Gasteiger partial charge on any atom is -0.347 e. The van der Waals surface area contributed by atoms with Gasteiger partial charge in [0.1, 0.15) is 0 Å². The van der Waals surface area contributed by atoms with Gasteiger partial charge >= 0.3 is 0 Å². The summed E-state index contributed by atoms with van der Waals surface area (Å²) in [6.07, 6.45) is 2.82. The van der Waals surface area contributed by atoms with Crippen LogP contribution >= 0.6 is 0 Å². The van der Waals surface area contributed by atoms with E-state index in [-0.39, 0.29) is 24.3 Å². The van der Waals surface area contributed by atoms with E-state index in [9.17, 15) is 14.4 Å². The Morgan fingerprint density at radius 3 is 2.77 bits per heavy atom. The molecule has 1 aromatic carbocycles. The second kappa shape index (κ2) is 7.86. The Kier molecular flexibility index (Phi) is 5.56. The molecule has 2 N–H and O–H groups in total. The lowest BCUT2D eigenvalue weighted by molar-refractivity contribution is -0.123. The summed E-state index contributed by atoms with van der Waals surface area (Å²) < 4.78 is 0. The first-order valence-corrected chi connectivity index (χ1v) is 9.14. The summed E-state index contributed by atoms with van der Waals surface area (Å²) in [5.41, 5.74) is 2.52. The number of hydrogen-bond donors (Lipinski definition) is 2. The highest BCUT2D eigenvalue weighted by Gasteiger charge is 2.28. The molecule has 3 rings (SSSR count). The maximum Gasteiger partial charge on any atom is 0.253 e. The van der Waals surface area contributed by atoms with Gasteiger partial charge in [-0.05, 0) is 50.1 Å². The van der Waals surface area contributed by atoms with E-state index in [1.54, 1.807) is 11.0 Å². The molecule has 0 radical (unpaired) electrons. The van der Waals surface area contributed by atoms with Crippen molar-refractivity contribution in [3.05, 3.63) is 29.3 Å². The molecule has 2 aliphatic rings. The normalized spacial score (nSPS) is 19.2. The summed E-state index contributed by atoms with van der Waals surface area (Å²) in [6, 6.07) is 5.91. The van der Waals surface area contributed by atoms with E-state index in [0.29, 0.717) is 18.2 Å². The van der Waals surface area contributed by atoms with Crippen LogP contribution in [0.2, 0.25) is 0 Å². The van der Waals surface area contributed by atoms with Gasteiger partial charge in [-0.2, -0.15) is 0 Å². The minimum atomic E-state index is -0.222. The van der Waals surface area contributed by atoms with Crippen molar-refractivity contribution < 1.29 is 14.4 Å². The van der Waals surface area contributed by atoms with Gasteiger partial charge in [0.25, 0.3) is 5.91 Å². The fourth-order valence-electron chi connectivity index (χ4n) is 3.67. The molecule has 26 heavy (non-hydrogen) atoms. The molecule has 0 aromatic heterocycles. The van der Waals surface area contributed by atoms with E-state index in [4.69, 9.17) is 0 Å². The van der Waals surface area contributed by atoms with Gasteiger partial charge in [0.05, 0.1) is 6.54 Å². The van der Waals surface area contributed by atoms with Crippen LogP contribution in [-0.2, 0) is 16.0 Å². The average Bonchev–Trinajstić information content (AvgIpc) is 3.08. The highest BCUT2D eigenvalue weighted by molar-refractivity contribution is 6.00. The van der Waals surface area contributed by atoms with Crippen molar-refractivity contribution in [1.29, 1.82) is 0 Å². The monoisotopic (exact) mass is 358 g/mol. The summed E-state index contributed by atoms with van der Waals surface area (Å²) in [7, 11) is 1.93. The molecule has 0 saturated carbocycles. The minimum absolute atomic E-state index is 0.00532. The summed E-state index contributed by atoms with van der Waals surface area (Å²) in [4.78, 5) is 39.7. The fourth-order valence-corrected chi connectivity index (χ4v) is 3.67. The number of likely N-dealkylation sites (N-methyl/N-ethyl adjacent to an activating group) is 1. The lowest BCUT2D eigenvalue weighted by atomic mass is 10.0. The fraction of sp³-hybridized carbons (Fsp3) is 0.526. The van der Waals surface area contributed by atoms with Crippen molar-refractivity contribution in [2.75, 3.05) is 38.1 Å². The molecule has 0 spiro atoms. The van der Waals surface area contributed by atoms with Crippen molar-refractivity contribution in [2.45, 2.75) is 32.2 Å². The van der Waals surface area contributed by atoms with Crippen molar-refractivity contribution in [2.24, 2.45) is 0 Å². The third kappa shape index (κ3) is 3.88. The quantitative estimate of drug-likeness (QED) is 0.823. The van der Waals surface area contributed by atoms with Crippen LogP contribution in [0.3, 0.4) is 0 Å². The van der Waals surface area contributed by atoms with Crippen molar-refractivity contribution in [1.82, 2.24) is 15.5 Å². The lowest BCUT2D eigenvalue weighted by Crippen LogP contribution is -2.46. The van der Waals surface area contributed by atoms with Crippen molar-refractivity contribution >= 4 is 23.4 Å². The van der Waals surface area contributed by atoms with Crippen LogP contribution in [0.4, 0.5) is 5.69 Å². The highest BCUT2D eigenvalue weighted by Crippen LogP contribution is 2.29. The van der Waals surface area contributed by atoms with E-state index in [1.165, 1.54) is 6.92 Å². The zero-order valence-corrected chi connectivity index (χ0v) is 15.4. The first-order valence-electron chi connectivity index (χ1n) is 9.14. The number of rotatable bonds is 4. The molecule has 7 heteroatoms. The molecule has 1 atom stereocenters. The summed E-state index contributed by atoms with van der Waals surface area (Å²) >= 11 is 0. The third-order valence-corrected chi connectivity index (χ3v) is 5.13. The molecule has 1 fully saturated rings. The number of piperidine rings is 1. The van der Waals surface area contributed by atoms with Gasteiger partial charge in [-0.15, -0.1) is 0 Å². The molecular formula is C19H26N4O3. The SMILES string of the molecule is CNC1CCCN(C(=O)c2ccc3c(c2)CCN3C(=O)CNC(C)=O)C1. The van der Waals surface area contributed by atoms with E-state index in [2.05, 4.69) is 10.6 Å². The molecule has 7 nitrogen and oxygen atoms in total. The molecular weight excluding hydrogens is 332 g/mol. The number of carbonyl (C=O) groups is 3. The number of amides is 3. The predicted octanol–water partition coefficient (Wildman–Crippen LogP) is 0.536. The van der Waals surface area contributed by atoms with Crippen LogP contribution < -0.4 is 15.5 Å². The number of carbonyl (C=O) groups excluding carboxylic acids is 3. The largest absolute Gasteiger partial charge is 0.347 e. The molecule has 2 heterocycles.